The average Bonchev–Trinajstić information content (AvgIpc) is 2.95. The molecule has 1 fully saturated rings. The number of halogens is 1. The smallest absolute Gasteiger partial charge is 0.244 e. The molecule has 5 rings (SSSR count). The van der Waals surface area contributed by atoms with Crippen LogP contribution in [0.2, 0.25) is 5.02 Å². The maximum Gasteiger partial charge on any atom is 0.244 e. The van der Waals surface area contributed by atoms with E-state index in [1.165, 1.54) is 11.1 Å². The van der Waals surface area contributed by atoms with Gasteiger partial charge in [-0.05, 0) is 78.9 Å². The number of sulfonamides is 1. The van der Waals surface area contributed by atoms with Crippen LogP contribution in [0.25, 0.3) is 11.1 Å². The molecule has 0 amide bonds. The molecule has 7 heteroatoms. The zero-order valence-electron chi connectivity index (χ0n) is 25.0. The number of hydrogen-bond donors (Lipinski definition) is 0. The first-order valence-electron chi connectivity index (χ1n) is 14.5. The largest absolute Gasteiger partial charge is 0.304 e. The fourth-order valence-corrected chi connectivity index (χ4v) is 7.88. The van der Waals surface area contributed by atoms with Crippen molar-refractivity contribution in [3.63, 3.8) is 0 Å². The summed E-state index contributed by atoms with van der Waals surface area (Å²) in [5.74, 6) is 0. The van der Waals surface area contributed by atoms with Gasteiger partial charge in [-0.2, -0.15) is 4.31 Å². The highest BCUT2D eigenvalue weighted by molar-refractivity contribution is 7.89. The molecule has 0 spiro atoms. The van der Waals surface area contributed by atoms with Gasteiger partial charge in [-0.25, -0.2) is 8.42 Å². The van der Waals surface area contributed by atoms with Gasteiger partial charge in [-0.3, -0.25) is 4.90 Å². The summed E-state index contributed by atoms with van der Waals surface area (Å²) in [6, 6.07) is 28.3. The summed E-state index contributed by atoms with van der Waals surface area (Å²) in [6.45, 7) is 11.5. The summed E-state index contributed by atoms with van der Waals surface area (Å²) in [5.41, 5.74) is 7.84. The Kier molecular flexibility index (Phi) is 9.50. The average molecular weight is 602 g/mol. The Morgan fingerprint density at radius 1 is 0.738 bits per heavy atom. The van der Waals surface area contributed by atoms with E-state index in [2.05, 4.69) is 53.2 Å². The predicted molar refractivity (Wildman–Crippen MR) is 173 cm³/mol. The summed E-state index contributed by atoms with van der Waals surface area (Å²) in [4.78, 5) is 5.25. The summed E-state index contributed by atoms with van der Waals surface area (Å²) >= 11 is 6.49. The van der Waals surface area contributed by atoms with Crippen LogP contribution < -0.4 is 0 Å². The van der Waals surface area contributed by atoms with Crippen molar-refractivity contribution in [2.75, 3.05) is 33.2 Å². The first-order chi connectivity index (χ1) is 20.1. The number of nitrogens with zero attached hydrogens (tertiary/aromatic N) is 3. The summed E-state index contributed by atoms with van der Waals surface area (Å²) in [6.07, 6.45) is 0. The zero-order chi connectivity index (χ0) is 29.9. The molecule has 42 heavy (non-hydrogen) atoms. The molecule has 0 aromatic heterocycles. The lowest BCUT2D eigenvalue weighted by molar-refractivity contribution is 0.148. The number of hydrogen-bond acceptors (Lipinski definition) is 4. The minimum Gasteiger partial charge on any atom is -0.304 e. The molecule has 1 saturated heterocycles. The van der Waals surface area contributed by atoms with Crippen LogP contribution in [-0.2, 0) is 29.7 Å². The number of rotatable bonds is 9. The summed E-state index contributed by atoms with van der Waals surface area (Å²) in [7, 11) is -1.63. The van der Waals surface area contributed by atoms with Crippen LogP contribution in [0.15, 0.2) is 89.8 Å². The number of piperazine rings is 1. The Labute approximate surface area is 256 Å². The molecule has 0 radical (unpaired) electrons. The monoisotopic (exact) mass is 601 g/mol. The molecule has 0 unspecified atom stereocenters. The van der Waals surface area contributed by atoms with Crippen molar-refractivity contribution in [1.29, 1.82) is 0 Å². The topological polar surface area (TPSA) is 43.9 Å². The predicted octanol–water partition coefficient (Wildman–Crippen LogP) is 7.07. The van der Waals surface area contributed by atoms with Crippen LogP contribution in [0.3, 0.4) is 0 Å². The van der Waals surface area contributed by atoms with Gasteiger partial charge in [-0.15, -0.1) is 0 Å². The first kappa shape index (κ1) is 30.5. The molecule has 4 aromatic rings. The third-order valence-corrected chi connectivity index (χ3v) is 10.5. The Morgan fingerprint density at radius 3 is 2.07 bits per heavy atom. The fourth-order valence-electron chi connectivity index (χ4n) is 5.86. The Balaban J connectivity index is 1.40. The third-order valence-electron chi connectivity index (χ3n) is 8.08. The molecule has 1 heterocycles. The van der Waals surface area contributed by atoms with Crippen molar-refractivity contribution in [1.82, 2.24) is 14.1 Å². The summed E-state index contributed by atoms with van der Waals surface area (Å²) < 4.78 is 29.9. The van der Waals surface area contributed by atoms with E-state index in [-0.39, 0.29) is 13.1 Å². The molecule has 220 valence electrons. The van der Waals surface area contributed by atoms with Crippen molar-refractivity contribution >= 4 is 21.6 Å². The highest BCUT2D eigenvalue weighted by atomic mass is 35.5. The number of aryl methyl sites for hydroxylation is 3. The van der Waals surface area contributed by atoms with E-state index in [1.807, 2.05) is 63.2 Å². The molecule has 5 nitrogen and oxygen atoms in total. The van der Waals surface area contributed by atoms with E-state index >= 15 is 0 Å². The molecule has 0 N–H and O–H groups in total. The molecule has 0 bridgehead atoms. The van der Waals surface area contributed by atoms with E-state index in [4.69, 9.17) is 11.6 Å². The lowest BCUT2D eigenvalue weighted by Gasteiger charge is -2.32. The van der Waals surface area contributed by atoms with Gasteiger partial charge in [0.25, 0.3) is 0 Å². The quantitative estimate of drug-likeness (QED) is 0.206. The molecule has 0 atom stereocenters. The standard InChI is InChI=1S/C35H40ClN3O2S/c1-26-20-27(2)35(28(3)21-26)42(40,41)39(25-33-9-5-6-11-34(33)36)24-29-12-14-31(15-13-29)32-10-7-8-30(22-32)23-38-18-16-37(4)17-19-38/h5-15,20-22H,16-19,23-25H2,1-4H3. The second-order valence-corrected chi connectivity index (χ2v) is 13.9. The fraction of sp³-hybridized carbons (Fsp3) is 0.314. The van der Waals surface area contributed by atoms with Gasteiger partial charge in [0, 0.05) is 50.8 Å². The molecule has 0 aliphatic carbocycles. The SMILES string of the molecule is Cc1cc(C)c(S(=O)(=O)N(Cc2ccc(-c3cccc(CN4CCN(C)CC4)c3)cc2)Cc2ccccc2Cl)c(C)c1. The minimum atomic E-state index is -3.81. The van der Waals surface area contributed by atoms with Gasteiger partial charge in [0.2, 0.25) is 10.0 Å². The second-order valence-electron chi connectivity index (χ2n) is 11.6. The lowest BCUT2D eigenvalue weighted by atomic mass is 10.0. The third kappa shape index (κ3) is 7.13. The van der Waals surface area contributed by atoms with Crippen molar-refractivity contribution in [3.05, 3.63) is 123 Å². The van der Waals surface area contributed by atoms with Crippen LogP contribution >= 0.6 is 11.6 Å². The molecular weight excluding hydrogens is 562 g/mol. The van der Waals surface area contributed by atoms with Gasteiger partial charge in [-0.1, -0.05) is 90.0 Å². The Hall–Kier alpha value is -3.00. The molecule has 0 saturated carbocycles. The van der Waals surface area contributed by atoms with Crippen molar-refractivity contribution in [2.45, 2.75) is 45.3 Å². The summed E-state index contributed by atoms with van der Waals surface area (Å²) in [5, 5.41) is 0.557. The van der Waals surface area contributed by atoms with E-state index in [0.717, 1.165) is 66.1 Å². The maximum atomic E-state index is 14.2. The van der Waals surface area contributed by atoms with Gasteiger partial charge < -0.3 is 4.90 Å². The first-order valence-corrected chi connectivity index (χ1v) is 16.3. The van der Waals surface area contributed by atoms with Crippen molar-refractivity contribution < 1.29 is 8.42 Å². The minimum absolute atomic E-state index is 0.185. The Morgan fingerprint density at radius 2 is 1.40 bits per heavy atom. The Bertz CT molecular complexity index is 1620. The zero-order valence-corrected chi connectivity index (χ0v) is 26.5. The van der Waals surface area contributed by atoms with Gasteiger partial charge >= 0.3 is 0 Å². The van der Waals surface area contributed by atoms with Crippen LogP contribution in [0, 0.1) is 20.8 Å². The van der Waals surface area contributed by atoms with E-state index < -0.39 is 10.0 Å². The number of benzene rings is 4. The van der Waals surface area contributed by atoms with Crippen LogP contribution in [0.4, 0.5) is 0 Å². The highest BCUT2D eigenvalue weighted by Crippen LogP contribution is 2.30. The molecule has 1 aliphatic heterocycles. The van der Waals surface area contributed by atoms with Gasteiger partial charge in [0.05, 0.1) is 4.90 Å². The molecular formula is C35H40ClN3O2S. The lowest BCUT2D eigenvalue weighted by Crippen LogP contribution is -2.43. The van der Waals surface area contributed by atoms with Crippen molar-refractivity contribution in [3.8, 4) is 11.1 Å². The maximum absolute atomic E-state index is 14.2. The van der Waals surface area contributed by atoms with Crippen LogP contribution in [0.5, 0.6) is 0 Å². The highest BCUT2D eigenvalue weighted by Gasteiger charge is 2.29. The van der Waals surface area contributed by atoms with E-state index in [9.17, 15) is 8.42 Å². The molecule has 4 aromatic carbocycles. The molecule has 1 aliphatic rings. The van der Waals surface area contributed by atoms with Crippen LogP contribution in [0.1, 0.15) is 33.4 Å². The van der Waals surface area contributed by atoms with Gasteiger partial charge in [0.15, 0.2) is 0 Å². The van der Waals surface area contributed by atoms with E-state index in [1.54, 1.807) is 10.4 Å². The van der Waals surface area contributed by atoms with Gasteiger partial charge in [0.1, 0.15) is 0 Å². The number of likely N-dealkylation sites (N-methyl/N-ethyl adjacent to an activating group) is 1. The normalized spacial score (nSPS) is 14.9. The van der Waals surface area contributed by atoms with Crippen molar-refractivity contribution in [2.24, 2.45) is 0 Å². The van der Waals surface area contributed by atoms with E-state index in [0.29, 0.717) is 9.92 Å². The van der Waals surface area contributed by atoms with Crippen LogP contribution in [-0.4, -0.2) is 55.7 Å². The second kappa shape index (κ2) is 13.1.